The monoisotopic (exact) mass is 290 g/mol. The fourth-order valence-electron chi connectivity index (χ4n) is 2.06. The summed E-state index contributed by atoms with van der Waals surface area (Å²) in [7, 11) is 1.90. The molecule has 0 aliphatic heterocycles. The lowest BCUT2D eigenvalue weighted by molar-refractivity contribution is -0.136. The molecule has 2 rings (SSSR count). The molecule has 0 atom stereocenters. The van der Waals surface area contributed by atoms with Gasteiger partial charge in [0.2, 0.25) is 0 Å². The molecule has 0 radical (unpaired) electrons. The predicted molar refractivity (Wildman–Crippen MR) is 82.5 cm³/mol. The summed E-state index contributed by atoms with van der Waals surface area (Å²) in [5.74, 6) is -0.776. The summed E-state index contributed by atoms with van der Waals surface area (Å²) in [6.45, 7) is 4.59. The lowest BCUT2D eigenvalue weighted by atomic mass is 10.1. The maximum Gasteiger partial charge on any atom is 0.305 e. The predicted octanol–water partition coefficient (Wildman–Crippen LogP) is 3.34. The highest BCUT2D eigenvalue weighted by Gasteiger charge is 2.09. The van der Waals surface area contributed by atoms with Gasteiger partial charge in [-0.1, -0.05) is 12.1 Å². The molecule has 2 aromatic rings. The normalized spacial score (nSPS) is 10.6. The van der Waals surface area contributed by atoms with E-state index in [4.69, 9.17) is 5.11 Å². The minimum atomic E-state index is -0.776. The molecule has 0 unspecified atom stereocenters. The van der Waals surface area contributed by atoms with Crippen LogP contribution in [0.4, 0.5) is 5.69 Å². The van der Waals surface area contributed by atoms with E-state index < -0.39 is 5.97 Å². The first-order valence-corrected chi connectivity index (χ1v) is 7.26. The van der Waals surface area contributed by atoms with Crippen molar-refractivity contribution in [3.8, 4) is 11.3 Å². The molecule has 20 heavy (non-hydrogen) atoms. The highest BCUT2D eigenvalue weighted by molar-refractivity contribution is 7.11. The van der Waals surface area contributed by atoms with Crippen LogP contribution in [0.2, 0.25) is 0 Å². The Bertz CT molecular complexity index is 605. The second-order valence-electron chi connectivity index (χ2n) is 4.75. The van der Waals surface area contributed by atoms with Gasteiger partial charge in [0, 0.05) is 29.7 Å². The number of thiazole rings is 1. The van der Waals surface area contributed by atoms with Crippen LogP contribution in [0.5, 0.6) is 0 Å². The summed E-state index contributed by atoms with van der Waals surface area (Å²) in [5.41, 5.74) is 3.15. The lowest BCUT2D eigenvalue weighted by Crippen LogP contribution is -2.20. The van der Waals surface area contributed by atoms with Gasteiger partial charge in [0.25, 0.3) is 0 Å². The zero-order valence-electron chi connectivity index (χ0n) is 11.9. The van der Waals surface area contributed by atoms with E-state index in [1.165, 1.54) is 4.88 Å². The number of anilines is 1. The van der Waals surface area contributed by atoms with Crippen LogP contribution in [0.15, 0.2) is 24.3 Å². The Morgan fingerprint density at radius 2 is 1.95 bits per heavy atom. The number of nitrogens with zero attached hydrogens (tertiary/aromatic N) is 2. The summed E-state index contributed by atoms with van der Waals surface area (Å²) in [4.78, 5) is 18.3. The summed E-state index contributed by atoms with van der Waals surface area (Å²) in [5, 5.41) is 9.77. The quantitative estimate of drug-likeness (QED) is 0.917. The van der Waals surface area contributed by atoms with Crippen molar-refractivity contribution in [3.05, 3.63) is 34.2 Å². The number of carboxylic acid groups (broad SMARTS) is 1. The van der Waals surface area contributed by atoms with Gasteiger partial charge in [0.05, 0.1) is 17.1 Å². The number of aryl methyl sites for hydroxylation is 2. The van der Waals surface area contributed by atoms with Crippen molar-refractivity contribution in [1.29, 1.82) is 0 Å². The van der Waals surface area contributed by atoms with Gasteiger partial charge in [-0.05, 0) is 26.0 Å². The minimum absolute atomic E-state index is 0.142. The van der Waals surface area contributed by atoms with Gasteiger partial charge in [0.15, 0.2) is 0 Å². The Labute approximate surface area is 122 Å². The number of rotatable bonds is 5. The Morgan fingerprint density at radius 1 is 1.30 bits per heavy atom. The van der Waals surface area contributed by atoms with Gasteiger partial charge in [-0.15, -0.1) is 11.3 Å². The van der Waals surface area contributed by atoms with E-state index in [0.717, 1.165) is 22.0 Å². The third-order valence-electron chi connectivity index (χ3n) is 3.15. The molecule has 106 valence electrons. The average Bonchev–Trinajstić information content (AvgIpc) is 2.75. The molecular formula is C15H18N2O2S. The fraction of sp³-hybridized carbons (Fsp3) is 0.333. The number of carboxylic acids is 1. The second-order valence-corrected chi connectivity index (χ2v) is 6.16. The first-order chi connectivity index (χ1) is 9.47. The lowest BCUT2D eigenvalue weighted by Gasteiger charge is -2.18. The molecule has 0 aliphatic rings. The van der Waals surface area contributed by atoms with E-state index in [-0.39, 0.29) is 6.42 Å². The van der Waals surface area contributed by atoms with Gasteiger partial charge >= 0.3 is 5.97 Å². The van der Waals surface area contributed by atoms with Crippen LogP contribution in [0, 0.1) is 13.8 Å². The highest BCUT2D eigenvalue weighted by Crippen LogP contribution is 2.28. The van der Waals surface area contributed by atoms with Crippen LogP contribution in [0.3, 0.4) is 0 Å². The Hall–Kier alpha value is -1.88. The summed E-state index contributed by atoms with van der Waals surface area (Å²) in [6, 6.07) is 8.08. The number of hydrogen-bond acceptors (Lipinski definition) is 4. The van der Waals surface area contributed by atoms with E-state index in [1.807, 2.05) is 43.1 Å². The maximum atomic E-state index is 10.6. The number of aromatic nitrogens is 1. The van der Waals surface area contributed by atoms with E-state index in [0.29, 0.717) is 6.54 Å². The first-order valence-electron chi connectivity index (χ1n) is 6.45. The summed E-state index contributed by atoms with van der Waals surface area (Å²) in [6.07, 6.45) is 0.142. The van der Waals surface area contributed by atoms with Crippen molar-refractivity contribution >= 4 is 23.0 Å². The molecule has 1 aromatic carbocycles. The topological polar surface area (TPSA) is 53.4 Å². The number of benzene rings is 1. The minimum Gasteiger partial charge on any atom is -0.481 e. The average molecular weight is 290 g/mol. The molecule has 0 bridgehead atoms. The van der Waals surface area contributed by atoms with E-state index >= 15 is 0 Å². The number of aliphatic carboxylic acids is 1. The second kappa shape index (κ2) is 6.05. The molecule has 0 spiro atoms. The summed E-state index contributed by atoms with van der Waals surface area (Å²) < 4.78 is 0. The van der Waals surface area contributed by atoms with Crippen LogP contribution in [0.1, 0.15) is 16.3 Å². The summed E-state index contributed by atoms with van der Waals surface area (Å²) >= 11 is 1.70. The Balaban J connectivity index is 2.14. The molecule has 0 saturated heterocycles. The molecule has 0 aliphatic carbocycles. The van der Waals surface area contributed by atoms with Crippen molar-refractivity contribution in [2.24, 2.45) is 0 Å². The zero-order valence-corrected chi connectivity index (χ0v) is 12.7. The Kier molecular flexibility index (Phi) is 4.39. The van der Waals surface area contributed by atoms with Crippen LogP contribution in [0.25, 0.3) is 11.3 Å². The van der Waals surface area contributed by atoms with Crippen LogP contribution >= 0.6 is 11.3 Å². The van der Waals surface area contributed by atoms with Gasteiger partial charge in [-0.25, -0.2) is 4.98 Å². The number of hydrogen-bond donors (Lipinski definition) is 1. The molecule has 1 N–H and O–H groups in total. The SMILES string of the molecule is Cc1nc(-c2ccc(N(C)CCC(=O)O)cc2)c(C)s1. The van der Waals surface area contributed by atoms with E-state index in [2.05, 4.69) is 11.9 Å². The largest absolute Gasteiger partial charge is 0.481 e. The molecule has 0 amide bonds. The Morgan fingerprint density at radius 3 is 2.45 bits per heavy atom. The number of carbonyl (C=O) groups is 1. The smallest absolute Gasteiger partial charge is 0.305 e. The zero-order chi connectivity index (χ0) is 14.7. The molecular weight excluding hydrogens is 272 g/mol. The van der Waals surface area contributed by atoms with Crippen LogP contribution < -0.4 is 4.90 Å². The van der Waals surface area contributed by atoms with Gasteiger partial charge < -0.3 is 10.0 Å². The molecule has 0 saturated carbocycles. The third kappa shape index (κ3) is 3.36. The van der Waals surface area contributed by atoms with Crippen LogP contribution in [-0.4, -0.2) is 29.7 Å². The van der Waals surface area contributed by atoms with Gasteiger partial charge in [0.1, 0.15) is 0 Å². The molecule has 0 fully saturated rings. The fourth-order valence-corrected chi connectivity index (χ4v) is 2.90. The van der Waals surface area contributed by atoms with Gasteiger partial charge in [-0.3, -0.25) is 4.79 Å². The van der Waals surface area contributed by atoms with Gasteiger partial charge in [-0.2, -0.15) is 0 Å². The van der Waals surface area contributed by atoms with Crippen LogP contribution in [-0.2, 0) is 4.79 Å². The van der Waals surface area contributed by atoms with Crippen molar-refractivity contribution in [1.82, 2.24) is 4.98 Å². The molecule has 1 heterocycles. The maximum absolute atomic E-state index is 10.6. The van der Waals surface area contributed by atoms with Crippen molar-refractivity contribution in [3.63, 3.8) is 0 Å². The van der Waals surface area contributed by atoms with Crippen molar-refractivity contribution < 1.29 is 9.90 Å². The van der Waals surface area contributed by atoms with E-state index in [9.17, 15) is 4.79 Å². The molecule has 4 nitrogen and oxygen atoms in total. The van der Waals surface area contributed by atoms with Crippen molar-refractivity contribution in [2.75, 3.05) is 18.5 Å². The highest BCUT2D eigenvalue weighted by atomic mass is 32.1. The third-order valence-corrected chi connectivity index (χ3v) is 4.03. The molecule has 5 heteroatoms. The standard InChI is InChI=1S/C15H18N2O2S/c1-10-15(16-11(2)20-10)12-4-6-13(7-5-12)17(3)9-8-14(18)19/h4-7H,8-9H2,1-3H3,(H,18,19). The van der Waals surface area contributed by atoms with Crippen molar-refractivity contribution in [2.45, 2.75) is 20.3 Å². The van der Waals surface area contributed by atoms with E-state index in [1.54, 1.807) is 11.3 Å². The first kappa shape index (κ1) is 14.5. The molecule has 1 aromatic heterocycles.